The van der Waals surface area contributed by atoms with E-state index in [1.807, 2.05) is 25.3 Å². The summed E-state index contributed by atoms with van der Waals surface area (Å²) < 4.78 is 1.95. The number of hydrazine groups is 1. The highest BCUT2D eigenvalue weighted by Crippen LogP contribution is 2.07. The number of imidazole rings is 1. The van der Waals surface area contributed by atoms with Gasteiger partial charge in [-0.05, 0) is 13.8 Å². The fourth-order valence-corrected chi connectivity index (χ4v) is 1.25. The molecule has 1 unspecified atom stereocenters. The highest BCUT2D eigenvalue weighted by Gasteiger charge is 2.13. The van der Waals surface area contributed by atoms with Crippen molar-refractivity contribution in [2.24, 2.45) is 11.8 Å². The van der Waals surface area contributed by atoms with Gasteiger partial charge in [0.1, 0.15) is 0 Å². The molecule has 1 aromatic rings. The number of hydrogen-bond donors (Lipinski definition) is 2. The molecule has 1 atom stereocenters. The maximum Gasteiger partial charge on any atom is 0.238 e. The Bertz CT molecular complexity index is 332. The zero-order chi connectivity index (χ0) is 10.7. The number of nitrogens with zero attached hydrogens (tertiary/aromatic N) is 2. The summed E-state index contributed by atoms with van der Waals surface area (Å²) in [5.41, 5.74) is 4.21. The Morgan fingerprint density at radius 1 is 1.71 bits per heavy atom. The van der Waals surface area contributed by atoms with Gasteiger partial charge in [-0.2, -0.15) is 0 Å². The van der Waals surface area contributed by atoms with Crippen LogP contribution in [0.3, 0.4) is 0 Å². The molecule has 0 aliphatic carbocycles. The molecule has 0 aliphatic rings. The summed E-state index contributed by atoms with van der Waals surface area (Å²) in [7, 11) is 0. The van der Waals surface area contributed by atoms with E-state index in [2.05, 4.69) is 10.4 Å². The normalized spacial score (nSPS) is 12.6. The summed E-state index contributed by atoms with van der Waals surface area (Å²) in [5, 5.41) is 0. The average molecular weight is 196 g/mol. The zero-order valence-electron chi connectivity index (χ0n) is 8.74. The number of amides is 1. The highest BCUT2D eigenvalue weighted by molar-refractivity contribution is 5.77. The molecule has 1 rings (SSSR count). The third-order valence-electron chi connectivity index (χ3n) is 2.41. The summed E-state index contributed by atoms with van der Waals surface area (Å²) >= 11 is 0. The molecule has 5 heteroatoms. The van der Waals surface area contributed by atoms with Gasteiger partial charge in [-0.3, -0.25) is 10.2 Å². The second kappa shape index (κ2) is 4.23. The number of carbonyl (C=O) groups is 1. The zero-order valence-corrected chi connectivity index (χ0v) is 8.74. The Morgan fingerprint density at radius 3 is 2.79 bits per heavy atom. The van der Waals surface area contributed by atoms with Crippen LogP contribution < -0.4 is 11.3 Å². The van der Waals surface area contributed by atoms with E-state index < -0.39 is 0 Å². The van der Waals surface area contributed by atoms with Crippen molar-refractivity contribution in [1.82, 2.24) is 15.0 Å². The minimum absolute atomic E-state index is 0.146. The third-order valence-corrected chi connectivity index (χ3v) is 2.41. The quantitative estimate of drug-likeness (QED) is 0.410. The van der Waals surface area contributed by atoms with Gasteiger partial charge in [-0.1, -0.05) is 6.92 Å². The Hall–Kier alpha value is -1.36. The van der Waals surface area contributed by atoms with E-state index in [0.29, 0.717) is 6.54 Å². The third kappa shape index (κ3) is 2.11. The van der Waals surface area contributed by atoms with Crippen LogP contribution >= 0.6 is 0 Å². The van der Waals surface area contributed by atoms with Crippen molar-refractivity contribution < 1.29 is 4.79 Å². The van der Waals surface area contributed by atoms with Gasteiger partial charge < -0.3 is 4.57 Å². The Kier molecular flexibility index (Phi) is 3.24. The summed E-state index contributed by atoms with van der Waals surface area (Å²) in [6.45, 7) is 6.36. The monoisotopic (exact) mass is 196 g/mol. The van der Waals surface area contributed by atoms with Gasteiger partial charge >= 0.3 is 0 Å². The van der Waals surface area contributed by atoms with Gasteiger partial charge in [0, 0.05) is 12.2 Å². The van der Waals surface area contributed by atoms with Crippen LogP contribution in [0.1, 0.15) is 18.3 Å². The lowest BCUT2D eigenvalue weighted by Crippen LogP contribution is -2.36. The van der Waals surface area contributed by atoms with Crippen LogP contribution in [0.2, 0.25) is 0 Å². The van der Waals surface area contributed by atoms with Gasteiger partial charge in [0.05, 0.1) is 17.9 Å². The number of nitrogens with two attached hydrogens (primary N) is 1. The maximum atomic E-state index is 11.2. The van der Waals surface area contributed by atoms with Crippen molar-refractivity contribution in [3.05, 3.63) is 17.7 Å². The van der Waals surface area contributed by atoms with Crippen LogP contribution in [0, 0.1) is 19.8 Å². The second-order valence-corrected chi connectivity index (χ2v) is 3.48. The van der Waals surface area contributed by atoms with Crippen LogP contribution in [0.4, 0.5) is 0 Å². The van der Waals surface area contributed by atoms with E-state index in [4.69, 9.17) is 5.84 Å². The SMILES string of the molecule is Cc1ncn(CC(C)C(=O)NN)c1C. The molecule has 1 heterocycles. The molecule has 5 nitrogen and oxygen atoms in total. The van der Waals surface area contributed by atoms with Gasteiger partial charge in [-0.15, -0.1) is 0 Å². The summed E-state index contributed by atoms with van der Waals surface area (Å²) in [6.07, 6.45) is 1.74. The van der Waals surface area contributed by atoms with Crippen molar-refractivity contribution in [1.29, 1.82) is 0 Å². The van der Waals surface area contributed by atoms with Gasteiger partial charge in [0.25, 0.3) is 0 Å². The molecule has 14 heavy (non-hydrogen) atoms. The van der Waals surface area contributed by atoms with Crippen LogP contribution in [0.15, 0.2) is 6.33 Å². The first-order valence-corrected chi connectivity index (χ1v) is 4.55. The van der Waals surface area contributed by atoms with Gasteiger partial charge in [-0.25, -0.2) is 10.8 Å². The predicted molar refractivity (Wildman–Crippen MR) is 53.2 cm³/mol. The van der Waals surface area contributed by atoms with Crippen molar-refractivity contribution in [3.63, 3.8) is 0 Å². The van der Waals surface area contributed by atoms with E-state index in [0.717, 1.165) is 11.4 Å². The molecule has 0 saturated carbocycles. The van der Waals surface area contributed by atoms with Gasteiger partial charge in [0.15, 0.2) is 0 Å². The molecule has 0 radical (unpaired) electrons. The van der Waals surface area contributed by atoms with E-state index in [1.54, 1.807) is 6.33 Å². The highest BCUT2D eigenvalue weighted by atomic mass is 16.2. The van der Waals surface area contributed by atoms with E-state index in [9.17, 15) is 4.79 Å². The van der Waals surface area contributed by atoms with Crippen LogP contribution in [-0.4, -0.2) is 15.5 Å². The standard InChI is InChI=1S/C9H16N4O/c1-6(9(14)12-10)4-13-5-11-7(2)8(13)3/h5-6H,4,10H2,1-3H3,(H,12,14). The molecule has 0 aliphatic heterocycles. The first kappa shape index (κ1) is 10.7. The molecular formula is C9H16N4O. The molecule has 1 amide bonds. The smallest absolute Gasteiger partial charge is 0.238 e. The summed E-state index contributed by atoms with van der Waals surface area (Å²) in [5.74, 6) is 4.74. The summed E-state index contributed by atoms with van der Waals surface area (Å²) in [6, 6.07) is 0. The van der Waals surface area contributed by atoms with E-state index in [-0.39, 0.29) is 11.8 Å². The first-order chi connectivity index (χ1) is 6.56. The second-order valence-electron chi connectivity index (χ2n) is 3.48. The lowest BCUT2D eigenvalue weighted by Gasteiger charge is -2.11. The van der Waals surface area contributed by atoms with Crippen molar-refractivity contribution in [2.45, 2.75) is 27.3 Å². The Labute approximate surface area is 83.3 Å². The minimum Gasteiger partial charge on any atom is -0.334 e. The number of hydrogen-bond acceptors (Lipinski definition) is 3. The van der Waals surface area contributed by atoms with E-state index >= 15 is 0 Å². The lowest BCUT2D eigenvalue weighted by molar-refractivity contribution is -0.124. The first-order valence-electron chi connectivity index (χ1n) is 4.55. The largest absolute Gasteiger partial charge is 0.334 e. The minimum atomic E-state index is -0.157. The number of aromatic nitrogens is 2. The van der Waals surface area contributed by atoms with Crippen molar-refractivity contribution in [2.75, 3.05) is 0 Å². The number of nitrogens with one attached hydrogen (secondary N) is 1. The molecule has 0 spiro atoms. The molecule has 0 bridgehead atoms. The Balaban J connectivity index is 2.69. The van der Waals surface area contributed by atoms with Crippen molar-refractivity contribution >= 4 is 5.91 Å². The van der Waals surface area contributed by atoms with Gasteiger partial charge in [0.2, 0.25) is 5.91 Å². The van der Waals surface area contributed by atoms with Crippen molar-refractivity contribution in [3.8, 4) is 0 Å². The lowest BCUT2D eigenvalue weighted by atomic mass is 10.1. The predicted octanol–water partition coefficient (Wildman–Crippen LogP) is 0.126. The van der Waals surface area contributed by atoms with Crippen LogP contribution in [0.25, 0.3) is 0 Å². The van der Waals surface area contributed by atoms with Crippen LogP contribution in [-0.2, 0) is 11.3 Å². The number of rotatable bonds is 3. The fourth-order valence-electron chi connectivity index (χ4n) is 1.25. The molecular weight excluding hydrogens is 180 g/mol. The molecule has 3 N–H and O–H groups in total. The molecule has 78 valence electrons. The molecule has 0 aromatic carbocycles. The fraction of sp³-hybridized carbons (Fsp3) is 0.556. The molecule has 0 saturated heterocycles. The average Bonchev–Trinajstić information content (AvgIpc) is 2.48. The maximum absolute atomic E-state index is 11.2. The summed E-state index contributed by atoms with van der Waals surface area (Å²) in [4.78, 5) is 15.3. The number of aryl methyl sites for hydroxylation is 1. The Morgan fingerprint density at radius 2 is 2.36 bits per heavy atom. The molecule has 1 aromatic heterocycles. The van der Waals surface area contributed by atoms with Crippen LogP contribution in [0.5, 0.6) is 0 Å². The van der Waals surface area contributed by atoms with E-state index in [1.165, 1.54) is 0 Å². The topological polar surface area (TPSA) is 72.9 Å². The molecule has 0 fully saturated rings. The number of carbonyl (C=O) groups excluding carboxylic acids is 1.